The first-order valence-electron chi connectivity index (χ1n) is 9.65. The minimum Gasteiger partial charge on any atom is -0.348 e. The fraction of sp³-hybridized carbons (Fsp3) is 0.632. The van der Waals surface area contributed by atoms with Gasteiger partial charge in [-0.15, -0.1) is 0 Å². The van der Waals surface area contributed by atoms with Gasteiger partial charge in [0.1, 0.15) is 16.2 Å². The van der Waals surface area contributed by atoms with Crippen LogP contribution in [0.2, 0.25) is 0 Å². The molecule has 0 N–H and O–H groups in total. The van der Waals surface area contributed by atoms with E-state index in [2.05, 4.69) is 16.9 Å². The number of amides is 1. The van der Waals surface area contributed by atoms with Gasteiger partial charge in [-0.1, -0.05) is 38.5 Å². The molecular formula is C19H29N5O3S. The normalized spacial score (nSPS) is 11.2. The second-order valence-corrected chi connectivity index (χ2v) is 7.94. The van der Waals surface area contributed by atoms with E-state index in [0.29, 0.717) is 34.8 Å². The van der Waals surface area contributed by atoms with Gasteiger partial charge in [0.15, 0.2) is 5.65 Å². The standard InChI is InChI=1S/C19H29N5O3S/c1-6-8-10-13-20-16-15(17(21-13)28-12-14(25)22(3)4)18(26)24(11-9-7-2)19(27)23(16)5/h6-12H2,1-5H3. The lowest BCUT2D eigenvalue weighted by molar-refractivity contribution is -0.125. The zero-order chi connectivity index (χ0) is 20.8. The Bertz CT molecular complexity index is 965. The SMILES string of the molecule is CCCCc1nc(SCC(=O)N(C)C)c2c(=O)n(CCCC)c(=O)n(C)c2n1. The van der Waals surface area contributed by atoms with Crippen LogP contribution in [0.5, 0.6) is 0 Å². The molecule has 0 atom stereocenters. The third-order valence-corrected chi connectivity index (χ3v) is 5.48. The Morgan fingerprint density at radius 1 is 1.11 bits per heavy atom. The molecule has 9 heteroatoms. The Balaban J connectivity index is 2.67. The minimum atomic E-state index is -0.381. The molecule has 0 bridgehead atoms. The van der Waals surface area contributed by atoms with Gasteiger partial charge in [-0.05, 0) is 12.8 Å². The van der Waals surface area contributed by atoms with Crippen LogP contribution in [0.25, 0.3) is 11.0 Å². The molecule has 2 aromatic heterocycles. The van der Waals surface area contributed by atoms with Crippen LogP contribution in [0.3, 0.4) is 0 Å². The average Bonchev–Trinajstić information content (AvgIpc) is 2.68. The lowest BCUT2D eigenvalue weighted by Crippen LogP contribution is -2.40. The monoisotopic (exact) mass is 407 g/mol. The number of nitrogens with zero attached hydrogens (tertiary/aromatic N) is 5. The molecule has 0 unspecified atom stereocenters. The summed E-state index contributed by atoms with van der Waals surface area (Å²) in [5.41, 5.74) is -0.413. The fourth-order valence-electron chi connectivity index (χ4n) is 2.72. The summed E-state index contributed by atoms with van der Waals surface area (Å²) in [6.45, 7) is 4.44. The van der Waals surface area contributed by atoms with Crippen molar-refractivity contribution in [2.45, 2.75) is 57.5 Å². The van der Waals surface area contributed by atoms with E-state index in [1.54, 1.807) is 21.1 Å². The molecular weight excluding hydrogens is 378 g/mol. The summed E-state index contributed by atoms with van der Waals surface area (Å²) >= 11 is 1.22. The Morgan fingerprint density at radius 2 is 1.79 bits per heavy atom. The zero-order valence-corrected chi connectivity index (χ0v) is 18.1. The van der Waals surface area contributed by atoms with E-state index in [1.165, 1.54) is 25.8 Å². The zero-order valence-electron chi connectivity index (χ0n) is 17.3. The van der Waals surface area contributed by atoms with Gasteiger partial charge in [-0.2, -0.15) is 0 Å². The first kappa shape index (κ1) is 22.1. The maximum absolute atomic E-state index is 13.1. The molecule has 0 saturated heterocycles. The Morgan fingerprint density at radius 3 is 2.39 bits per heavy atom. The number of unbranched alkanes of at least 4 members (excludes halogenated alkanes) is 2. The molecule has 1 amide bonds. The van der Waals surface area contributed by atoms with Crippen LogP contribution in [-0.2, 0) is 24.8 Å². The third-order valence-electron chi connectivity index (χ3n) is 4.52. The van der Waals surface area contributed by atoms with Gasteiger partial charge in [0.05, 0.1) is 5.75 Å². The Labute approximate surface area is 169 Å². The maximum atomic E-state index is 13.1. The van der Waals surface area contributed by atoms with Crippen LogP contribution in [0.4, 0.5) is 0 Å². The van der Waals surface area contributed by atoms with Crippen LogP contribution in [0.1, 0.15) is 45.4 Å². The topological polar surface area (TPSA) is 90.1 Å². The molecule has 0 spiro atoms. The highest BCUT2D eigenvalue weighted by Crippen LogP contribution is 2.23. The van der Waals surface area contributed by atoms with Crippen molar-refractivity contribution in [1.29, 1.82) is 0 Å². The van der Waals surface area contributed by atoms with E-state index in [0.717, 1.165) is 25.7 Å². The molecule has 0 aliphatic carbocycles. The van der Waals surface area contributed by atoms with Crippen LogP contribution >= 0.6 is 11.8 Å². The van der Waals surface area contributed by atoms with Crippen LogP contribution < -0.4 is 11.2 Å². The van der Waals surface area contributed by atoms with Gasteiger partial charge in [0, 0.05) is 34.1 Å². The first-order chi connectivity index (χ1) is 13.3. The summed E-state index contributed by atoms with van der Waals surface area (Å²) in [6.07, 6.45) is 4.17. The lowest BCUT2D eigenvalue weighted by Gasteiger charge is -2.14. The number of carbonyl (C=O) groups excluding carboxylic acids is 1. The highest BCUT2D eigenvalue weighted by molar-refractivity contribution is 8.00. The van der Waals surface area contributed by atoms with Gasteiger partial charge >= 0.3 is 5.69 Å². The largest absolute Gasteiger partial charge is 0.348 e. The van der Waals surface area contributed by atoms with Crippen molar-refractivity contribution in [3.63, 3.8) is 0 Å². The summed E-state index contributed by atoms with van der Waals surface area (Å²) in [5.74, 6) is 0.696. The van der Waals surface area contributed by atoms with Crippen molar-refractivity contribution in [1.82, 2.24) is 24.0 Å². The molecule has 0 aliphatic rings. The van der Waals surface area contributed by atoms with E-state index in [4.69, 9.17) is 0 Å². The highest BCUT2D eigenvalue weighted by Gasteiger charge is 2.19. The molecule has 0 saturated carbocycles. The van der Waals surface area contributed by atoms with Crippen molar-refractivity contribution in [3.05, 3.63) is 26.7 Å². The molecule has 28 heavy (non-hydrogen) atoms. The number of rotatable bonds is 9. The number of carbonyl (C=O) groups is 1. The van der Waals surface area contributed by atoms with E-state index < -0.39 is 0 Å². The molecule has 2 aromatic rings. The second kappa shape index (κ2) is 9.86. The molecule has 0 fully saturated rings. The van der Waals surface area contributed by atoms with Crippen molar-refractivity contribution in [2.75, 3.05) is 19.8 Å². The van der Waals surface area contributed by atoms with Gasteiger partial charge in [-0.25, -0.2) is 14.8 Å². The first-order valence-corrected chi connectivity index (χ1v) is 10.6. The summed E-state index contributed by atoms with van der Waals surface area (Å²) in [4.78, 5) is 48.4. The lowest BCUT2D eigenvalue weighted by atomic mass is 10.2. The summed E-state index contributed by atoms with van der Waals surface area (Å²) in [5, 5.41) is 0.784. The van der Waals surface area contributed by atoms with Crippen LogP contribution in [0, 0.1) is 0 Å². The number of fused-ring (bicyclic) bond motifs is 1. The summed E-state index contributed by atoms with van der Waals surface area (Å²) < 4.78 is 2.67. The second-order valence-electron chi connectivity index (χ2n) is 6.98. The molecule has 8 nitrogen and oxygen atoms in total. The number of aromatic nitrogens is 4. The van der Waals surface area contributed by atoms with Gasteiger partial charge in [0.25, 0.3) is 5.56 Å². The fourth-order valence-corrected chi connectivity index (χ4v) is 3.73. The van der Waals surface area contributed by atoms with Crippen molar-refractivity contribution in [3.8, 4) is 0 Å². The van der Waals surface area contributed by atoms with E-state index >= 15 is 0 Å². The van der Waals surface area contributed by atoms with Gasteiger partial charge in [0.2, 0.25) is 5.91 Å². The summed E-state index contributed by atoms with van der Waals surface area (Å²) in [7, 11) is 5.01. The van der Waals surface area contributed by atoms with Crippen molar-refractivity contribution in [2.24, 2.45) is 7.05 Å². The average molecular weight is 408 g/mol. The van der Waals surface area contributed by atoms with Crippen molar-refractivity contribution < 1.29 is 4.79 Å². The molecule has 2 rings (SSSR count). The number of hydrogen-bond acceptors (Lipinski definition) is 6. The van der Waals surface area contributed by atoms with E-state index in [-0.39, 0.29) is 22.9 Å². The molecule has 154 valence electrons. The smallest absolute Gasteiger partial charge is 0.332 e. The predicted octanol–water partition coefficient (Wildman–Crippen LogP) is 1.81. The quantitative estimate of drug-likeness (QED) is 0.465. The minimum absolute atomic E-state index is 0.0667. The molecule has 0 aliphatic heterocycles. The number of aryl methyl sites for hydroxylation is 2. The Kier molecular flexibility index (Phi) is 7.79. The summed E-state index contributed by atoms with van der Waals surface area (Å²) in [6, 6.07) is 0. The number of hydrogen-bond donors (Lipinski definition) is 0. The number of thioether (sulfide) groups is 1. The Hall–Kier alpha value is -2.16. The van der Waals surface area contributed by atoms with E-state index in [9.17, 15) is 14.4 Å². The van der Waals surface area contributed by atoms with Gasteiger partial charge in [-0.3, -0.25) is 18.7 Å². The van der Waals surface area contributed by atoms with Gasteiger partial charge < -0.3 is 4.90 Å². The van der Waals surface area contributed by atoms with Crippen LogP contribution in [-0.4, -0.2) is 49.8 Å². The van der Waals surface area contributed by atoms with Crippen molar-refractivity contribution >= 4 is 28.7 Å². The highest BCUT2D eigenvalue weighted by atomic mass is 32.2. The third kappa shape index (κ3) is 4.81. The predicted molar refractivity (Wildman–Crippen MR) is 112 cm³/mol. The molecule has 0 aromatic carbocycles. The molecule has 2 heterocycles. The van der Waals surface area contributed by atoms with Crippen LogP contribution in [0.15, 0.2) is 14.6 Å². The maximum Gasteiger partial charge on any atom is 0.332 e. The molecule has 0 radical (unpaired) electrons. The van der Waals surface area contributed by atoms with E-state index in [1.807, 2.05) is 6.92 Å².